The Labute approximate surface area is 130 Å². The molecule has 2 nitrogen and oxygen atoms in total. The first kappa shape index (κ1) is 13.7. The molecule has 0 aliphatic carbocycles. The number of thiazole rings is 1. The molecule has 0 fully saturated rings. The Morgan fingerprint density at radius 3 is 3.05 bits per heavy atom. The van der Waals surface area contributed by atoms with E-state index in [4.69, 9.17) is 5.73 Å². The van der Waals surface area contributed by atoms with Gasteiger partial charge < -0.3 is 5.73 Å². The fourth-order valence-corrected chi connectivity index (χ4v) is 4.66. The number of nitrogens with two attached hydrogens (primary N) is 1. The van der Waals surface area contributed by atoms with Gasteiger partial charge in [-0.3, -0.25) is 0 Å². The van der Waals surface area contributed by atoms with E-state index in [1.165, 1.54) is 9.58 Å². The molecule has 2 heterocycles. The Bertz CT molecular complexity index is 744. The molecule has 20 heavy (non-hydrogen) atoms. The van der Waals surface area contributed by atoms with Crippen LogP contribution >= 0.6 is 34.4 Å². The second-order valence-electron chi connectivity index (χ2n) is 4.04. The topological polar surface area (TPSA) is 38.9 Å². The summed E-state index contributed by atoms with van der Waals surface area (Å²) in [7, 11) is 0. The highest BCUT2D eigenvalue weighted by Crippen LogP contribution is 2.32. The van der Waals surface area contributed by atoms with Crippen molar-refractivity contribution in [1.29, 1.82) is 0 Å². The van der Waals surface area contributed by atoms with Crippen LogP contribution in [0.4, 0.5) is 0 Å². The van der Waals surface area contributed by atoms with Crippen molar-refractivity contribution >= 4 is 44.7 Å². The van der Waals surface area contributed by atoms with Crippen molar-refractivity contribution in [3.63, 3.8) is 0 Å². The number of thiophene rings is 1. The van der Waals surface area contributed by atoms with Crippen molar-refractivity contribution in [3.8, 4) is 11.8 Å². The molecule has 0 bridgehead atoms. The molecule has 0 aliphatic heterocycles. The molecule has 0 aliphatic rings. The van der Waals surface area contributed by atoms with Gasteiger partial charge >= 0.3 is 0 Å². The predicted octanol–water partition coefficient (Wildman–Crippen LogP) is 3.96. The zero-order valence-corrected chi connectivity index (χ0v) is 13.1. The number of hydrogen-bond acceptors (Lipinski definition) is 5. The van der Waals surface area contributed by atoms with Gasteiger partial charge in [-0.1, -0.05) is 35.7 Å². The first-order valence-electron chi connectivity index (χ1n) is 6.10. The number of aromatic nitrogens is 1. The summed E-state index contributed by atoms with van der Waals surface area (Å²) in [6.45, 7) is 0.408. The van der Waals surface area contributed by atoms with Crippen LogP contribution in [0, 0.1) is 11.8 Å². The molecule has 3 rings (SSSR count). The van der Waals surface area contributed by atoms with Gasteiger partial charge in [-0.15, -0.1) is 22.7 Å². The molecule has 2 aromatic heterocycles. The van der Waals surface area contributed by atoms with Gasteiger partial charge in [0.25, 0.3) is 0 Å². The quantitative estimate of drug-likeness (QED) is 0.587. The average molecular weight is 316 g/mol. The molecule has 0 radical (unpaired) electrons. The van der Waals surface area contributed by atoms with E-state index in [9.17, 15) is 0 Å². The lowest BCUT2D eigenvalue weighted by molar-refractivity contribution is 1.30. The van der Waals surface area contributed by atoms with Crippen molar-refractivity contribution in [2.24, 2.45) is 5.73 Å². The van der Waals surface area contributed by atoms with Gasteiger partial charge in [0, 0.05) is 21.6 Å². The zero-order valence-electron chi connectivity index (χ0n) is 10.6. The number of nitrogens with zero attached hydrogens (tertiary/aromatic N) is 1. The number of hydrogen-bond donors (Lipinski definition) is 1. The molecular weight excluding hydrogens is 304 g/mol. The first-order chi connectivity index (χ1) is 9.85. The molecular formula is C15H12N2S3. The zero-order chi connectivity index (χ0) is 13.8. The van der Waals surface area contributed by atoms with Crippen LogP contribution in [0.3, 0.4) is 0 Å². The van der Waals surface area contributed by atoms with Crippen LogP contribution in [-0.4, -0.2) is 11.5 Å². The summed E-state index contributed by atoms with van der Waals surface area (Å²) in [5.74, 6) is 6.87. The minimum Gasteiger partial charge on any atom is -0.320 e. The van der Waals surface area contributed by atoms with Crippen LogP contribution in [0.1, 0.15) is 10.4 Å². The molecule has 2 N–H and O–H groups in total. The van der Waals surface area contributed by atoms with E-state index in [1.807, 2.05) is 6.07 Å². The van der Waals surface area contributed by atoms with E-state index in [0.29, 0.717) is 6.54 Å². The number of benzene rings is 1. The predicted molar refractivity (Wildman–Crippen MR) is 89.4 cm³/mol. The molecule has 0 unspecified atom stereocenters. The maximum absolute atomic E-state index is 5.37. The summed E-state index contributed by atoms with van der Waals surface area (Å²) in [6.07, 6.45) is 0. The number of thioether (sulfide) groups is 1. The van der Waals surface area contributed by atoms with Gasteiger partial charge in [-0.05, 0) is 18.2 Å². The lowest BCUT2D eigenvalue weighted by atomic mass is 10.3. The van der Waals surface area contributed by atoms with Crippen LogP contribution in [0.15, 0.2) is 40.1 Å². The van der Waals surface area contributed by atoms with Crippen LogP contribution in [0.2, 0.25) is 0 Å². The fraction of sp³-hybridized carbons (Fsp3) is 0.133. The minimum atomic E-state index is 0.408. The largest absolute Gasteiger partial charge is 0.320 e. The third-order valence-electron chi connectivity index (χ3n) is 2.60. The molecule has 0 saturated carbocycles. The number of fused-ring (bicyclic) bond motifs is 1. The van der Waals surface area contributed by atoms with Crippen molar-refractivity contribution in [2.75, 3.05) is 6.54 Å². The summed E-state index contributed by atoms with van der Waals surface area (Å²) >= 11 is 5.27. The number of para-hydroxylation sites is 1. The van der Waals surface area contributed by atoms with Crippen molar-refractivity contribution in [3.05, 3.63) is 46.2 Å². The smallest absolute Gasteiger partial charge is 0.151 e. The van der Waals surface area contributed by atoms with Gasteiger partial charge in [0.15, 0.2) is 4.34 Å². The minimum absolute atomic E-state index is 0.408. The highest BCUT2D eigenvalue weighted by Gasteiger charge is 2.05. The summed E-state index contributed by atoms with van der Waals surface area (Å²) in [5.41, 5.74) is 7.51. The summed E-state index contributed by atoms with van der Waals surface area (Å²) in [5, 5.41) is 2.08. The highest BCUT2D eigenvalue weighted by molar-refractivity contribution is 8.00. The summed E-state index contributed by atoms with van der Waals surface area (Å²) in [4.78, 5) is 5.94. The van der Waals surface area contributed by atoms with E-state index in [-0.39, 0.29) is 0 Å². The van der Waals surface area contributed by atoms with Crippen LogP contribution in [-0.2, 0) is 5.75 Å². The van der Waals surface area contributed by atoms with Gasteiger partial charge in [-0.2, -0.15) is 0 Å². The van der Waals surface area contributed by atoms with Gasteiger partial charge in [0.05, 0.1) is 16.8 Å². The molecule has 100 valence electrons. The third-order valence-corrected chi connectivity index (χ3v) is 5.95. The van der Waals surface area contributed by atoms with E-state index in [2.05, 4.69) is 46.5 Å². The Balaban J connectivity index is 1.68. The Kier molecular flexibility index (Phi) is 4.38. The Hall–Kier alpha value is -1.32. The maximum Gasteiger partial charge on any atom is 0.151 e. The molecule has 0 spiro atoms. The van der Waals surface area contributed by atoms with Crippen LogP contribution < -0.4 is 5.73 Å². The normalized spacial score (nSPS) is 10.4. The van der Waals surface area contributed by atoms with Crippen molar-refractivity contribution in [2.45, 2.75) is 10.1 Å². The fourth-order valence-electron chi connectivity index (χ4n) is 1.72. The molecule has 1 aromatic carbocycles. The summed E-state index contributed by atoms with van der Waals surface area (Å²) in [6, 6.07) is 10.4. The van der Waals surface area contributed by atoms with E-state index < -0.39 is 0 Å². The molecule has 0 atom stereocenters. The molecule has 0 saturated heterocycles. The van der Waals surface area contributed by atoms with E-state index in [1.54, 1.807) is 34.4 Å². The van der Waals surface area contributed by atoms with Gasteiger partial charge in [0.2, 0.25) is 0 Å². The average Bonchev–Trinajstić information content (AvgIpc) is 3.09. The second kappa shape index (κ2) is 6.42. The lowest BCUT2D eigenvalue weighted by Crippen LogP contribution is -1.92. The van der Waals surface area contributed by atoms with Crippen molar-refractivity contribution in [1.82, 2.24) is 4.98 Å². The lowest BCUT2D eigenvalue weighted by Gasteiger charge is -1.92. The Morgan fingerprint density at radius 2 is 2.20 bits per heavy atom. The third kappa shape index (κ3) is 3.22. The SMILES string of the molecule is NCC#Cc1csc(CSc2nc3ccccc3s2)c1. The van der Waals surface area contributed by atoms with Crippen molar-refractivity contribution < 1.29 is 0 Å². The summed E-state index contributed by atoms with van der Waals surface area (Å²) < 4.78 is 2.37. The first-order valence-corrected chi connectivity index (χ1v) is 8.78. The molecule has 3 aromatic rings. The molecule has 0 amide bonds. The van der Waals surface area contributed by atoms with Crippen LogP contribution in [0.5, 0.6) is 0 Å². The Morgan fingerprint density at radius 1 is 1.30 bits per heavy atom. The second-order valence-corrected chi connectivity index (χ2v) is 7.29. The molecule has 5 heteroatoms. The van der Waals surface area contributed by atoms with Gasteiger partial charge in [-0.25, -0.2) is 4.98 Å². The van der Waals surface area contributed by atoms with Gasteiger partial charge in [0.1, 0.15) is 0 Å². The highest BCUT2D eigenvalue weighted by atomic mass is 32.2. The maximum atomic E-state index is 5.37. The standard InChI is InChI=1S/C15H12N2S3/c16-7-3-4-11-8-12(18-9-11)10-19-15-17-13-5-1-2-6-14(13)20-15/h1-2,5-6,8-9H,7,10,16H2. The van der Waals surface area contributed by atoms with E-state index in [0.717, 1.165) is 21.2 Å². The number of rotatable bonds is 3. The van der Waals surface area contributed by atoms with Crippen LogP contribution in [0.25, 0.3) is 10.2 Å². The van der Waals surface area contributed by atoms with E-state index >= 15 is 0 Å². The monoisotopic (exact) mass is 316 g/mol.